The van der Waals surface area contributed by atoms with E-state index in [1.54, 1.807) is 12.1 Å². The highest BCUT2D eigenvalue weighted by Crippen LogP contribution is 2.40. The molecule has 1 saturated heterocycles. The molecule has 188 valence electrons. The van der Waals surface area contributed by atoms with Gasteiger partial charge in [-0.1, -0.05) is 12.1 Å². The zero-order chi connectivity index (χ0) is 25.4. The molecule has 0 spiro atoms. The molecule has 6 rings (SSSR count). The Morgan fingerprint density at radius 2 is 1.70 bits per heavy atom. The Labute approximate surface area is 214 Å². The number of ether oxygens (including phenoxy) is 2. The fourth-order valence-electron chi connectivity index (χ4n) is 4.83. The molecule has 3 aliphatic heterocycles. The van der Waals surface area contributed by atoms with Crippen LogP contribution < -0.4 is 20.1 Å². The van der Waals surface area contributed by atoms with E-state index < -0.39 is 5.82 Å². The minimum Gasteiger partial charge on any atom is -0.458 e. The highest BCUT2D eigenvalue weighted by molar-refractivity contribution is 6.37. The van der Waals surface area contributed by atoms with Gasteiger partial charge < -0.3 is 25.0 Å². The maximum Gasteiger partial charge on any atom is 0.258 e. The smallest absolute Gasteiger partial charge is 0.258 e. The van der Waals surface area contributed by atoms with Crippen molar-refractivity contribution in [3.8, 4) is 11.5 Å². The van der Waals surface area contributed by atoms with E-state index >= 15 is 0 Å². The van der Waals surface area contributed by atoms with Crippen LogP contribution in [0.15, 0.2) is 73.2 Å². The number of piperazine rings is 1. The van der Waals surface area contributed by atoms with E-state index in [2.05, 4.69) is 39.6 Å². The highest BCUT2D eigenvalue weighted by atomic mass is 19.1. The summed E-state index contributed by atoms with van der Waals surface area (Å²) < 4.78 is 25.0. The number of amides is 1. The average molecular weight is 499 g/mol. The molecule has 0 radical (unpaired) electrons. The minimum atomic E-state index is -0.406. The van der Waals surface area contributed by atoms with Crippen LogP contribution >= 0.6 is 0 Å². The van der Waals surface area contributed by atoms with Gasteiger partial charge in [0.1, 0.15) is 18.3 Å². The summed E-state index contributed by atoms with van der Waals surface area (Å²) in [6, 6.07) is 18.1. The molecule has 1 amide bonds. The average Bonchev–Trinajstić information content (AvgIpc) is 3.23. The number of hydrogen-bond donors (Lipinski definition) is 2. The minimum absolute atomic E-state index is 0.301. The molecular weight excluding hydrogens is 471 g/mol. The monoisotopic (exact) mass is 498 g/mol. The summed E-state index contributed by atoms with van der Waals surface area (Å²) in [4.78, 5) is 17.9. The van der Waals surface area contributed by atoms with Crippen molar-refractivity contribution >= 4 is 28.6 Å². The Balaban J connectivity index is 1.34. The molecule has 1 fully saturated rings. The molecule has 2 N–H and O–H groups in total. The topological polar surface area (TPSA) is 66.1 Å². The normalized spacial score (nSPS) is 18.4. The van der Waals surface area contributed by atoms with Crippen molar-refractivity contribution in [1.82, 2.24) is 9.80 Å². The van der Waals surface area contributed by atoms with Gasteiger partial charge in [0.15, 0.2) is 11.5 Å². The summed E-state index contributed by atoms with van der Waals surface area (Å²) in [5, 5.41) is 6.25. The van der Waals surface area contributed by atoms with E-state index in [-0.39, 0.29) is 5.91 Å². The zero-order valence-electron chi connectivity index (χ0n) is 20.5. The van der Waals surface area contributed by atoms with Crippen LogP contribution in [0.25, 0.3) is 11.3 Å². The van der Waals surface area contributed by atoms with E-state index in [0.29, 0.717) is 34.0 Å². The molecule has 0 saturated carbocycles. The van der Waals surface area contributed by atoms with Gasteiger partial charge in [-0.3, -0.25) is 9.69 Å². The number of hydrogen-bond acceptors (Lipinski definition) is 6. The predicted octanol–water partition coefficient (Wildman–Crippen LogP) is 4.75. The van der Waals surface area contributed by atoms with Crippen molar-refractivity contribution < 1.29 is 18.7 Å². The van der Waals surface area contributed by atoms with Crippen LogP contribution in [0.4, 0.5) is 15.8 Å². The van der Waals surface area contributed by atoms with E-state index in [0.717, 1.165) is 44.0 Å². The molecule has 3 heterocycles. The summed E-state index contributed by atoms with van der Waals surface area (Å²) >= 11 is 0. The Hall–Kier alpha value is -4.14. The predicted molar refractivity (Wildman–Crippen MR) is 142 cm³/mol. The summed E-state index contributed by atoms with van der Waals surface area (Å²) in [5.41, 5.74) is 4.91. The number of carbonyl (C=O) groups is 1. The number of nitrogens with zero attached hydrogens (tertiary/aromatic N) is 2. The fourth-order valence-corrected chi connectivity index (χ4v) is 4.83. The second-order valence-electron chi connectivity index (χ2n) is 9.46. The van der Waals surface area contributed by atoms with E-state index in [1.807, 2.05) is 24.3 Å². The van der Waals surface area contributed by atoms with Gasteiger partial charge >= 0.3 is 0 Å². The molecule has 0 bridgehead atoms. The lowest BCUT2D eigenvalue weighted by molar-refractivity contribution is -0.110. The SMILES string of the molecule is CN1CCN(Cc2ccc(NC(=C3C(=O)Nc4cc(F)ccc43)c3ccc4c(c3)OC=CO4)cc2)CC1. The molecule has 3 aromatic carbocycles. The number of nitrogens with one attached hydrogen (secondary N) is 2. The number of likely N-dealkylation sites (N-methyl/N-ethyl adjacent to an activating group) is 1. The number of rotatable bonds is 5. The van der Waals surface area contributed by atoms with Crippen LogP contribution in [-0.2, 0) is 11.3 Å². The maximum absolute atomic E-state index is 13.9. The van der Waals surface area contributed by atoms with Gasteiger partial charge in [-0.2, -0.15) is 0 Å². The molecule has 0 unspecified atom stereocenters. The third-order valence-corrected chi connectivity index (χ3v) is 6.88. The first-order chi connectivity index (χ1) is 18.0. The summed E-state index contributed by atoms with van der Waals surface area (Å²) in [5.74, 6) is 0.420. The van der Waals surface area contributed by atoms with Gasteiger partial charge in [0.2, 0.25) is 0 Å². The van der Waals surface area contributed by atoms with Gasteiger partial charge in [-0.15, -0.1) is 0 Å². The Morgan fingerprint density at radius 1 is 0.946 bits per heavy atom. The quantitative estimate of drug-likeness (QED) is 0.495. The van der Waals surface area contributed by atoms with Crippen LogP contribution in [0.2, 0.25) is 0 Å². The van der Waals surface area contributed by atoms with Crippen LogP contribution in [0, 0.1) is 5.82 Å². The highest BCUT2D eigenvalue weighted by Gasteiger charge is 2.29. The van der Waals surface area contributed by atoms with Crippen LogP contribution in [0.1, 0.15) is 16.7 Å². The molecule has 3 aromatic rings. The van der Waals surface area contributed by atoms with Crippen molar-refractivity contribution in [2.45, 2.75) is 6.54 Å². The molecule has 7 nitrogen and oxygen atoms in total. The fraction of sp³-hybridized carbons (Fsp3) is 0.207. The van der Waals surface area contributed by atoms with Gasteiger partial charge in [0, 0.05) is 49.5 Å². The van der Waals surface area contributed by atoms with Gasteiger partial charge in [-0.25, -0.2) is 4.39 Å². The Kier molecular flexibility index (Phi) is 6.12. The second-order valence-corrected chi connectivity index (χ2v) is 9.46. The first-order valence-corrected chi connectivity index (χ1v) is 12.3. The van der Waals surface area contributed by atoms with Crippen molar-refractivity contribution in [3.63, 3.8) is 0 Å². The standard InChI is InChI=1S/C29H27FN4O3/c1-33-10-12-34(13-11-33)18-19-2-6-22(7-3-19)31-28(20-4-9-25-26(16-20)37-15-14-36-25)27-23-8-5-21(30)17-24(23)32-29(27)35/h2-9,14-17,31H,10-13,18H2,1H3,(H,32,35). The number of carbonyl (C=O) groups excluding carboxylic acids is 1. The summed E-state index contributed by atoms with van der Waals surface area (Å²) in [7, 11) is 2.15. The lowest BCUT2D eigenvalue weighted by Crippen LogP contribution is -2.43. The van der Waals surface area contributed by atoms with Gasteiger partial charge in [0.05, 0.1) is 17.0 Å². The van der Waals surface area contributed by atoms with Crippen LogP contribution in [-0.4, -0.2) is 48.9 Å². The van der Waals surface area contributed by atoms with Gasteiger partial charge in [0.25, 0.3) is 5.91 Å². The van der Waals surface area contributed by atoms with Gasteiger partial charge in [-0.05, 0) is 61.1 Å². The van der Waals surface area contributed by atoms with E-state index in [9.17, 15) is 9.18 Å². The first-order valence-electron chi connectivity index (χ1n) is 12.3. The third kappa shape index (κ3) is 4.81. The number of benzene rings is 3. The Bertz CT molecular complexity index is 1410. The molecule has 37 heavy (non-hydrogen) atoms. The lowest BCUT2D eigenvalue weighted by atomic mass is 9.99. The Morgan fingerprint density at radius 3 is 2.49 bits per heavy atom. The molecule has 8 heteroatoms. The van der Waals surface area contributed by atoms with Crippen LogP contribution in [0.3, 0.4) is 0 Å². The molecule has 0 aromatic heterocycles. The van der Waals surface area contributed by atoms with Crippen molar-refractivity contribution in [1.29, 1.82) is 0 Å². The molecular formula is C29H27FN4O3. The van der Waals surface area contributed by atoms with E-state index in [1.165, 1.54) is 30.2 Å². The van der Waals surface area contributed by atoms with Crippen molar-refractivity contribution in [2.24, 2.45) is 0 Å². The number of fused-ring (bicyclic) bond motifs is 2. The number of halogens is 1. The second kappa shape index (κ2) is 9.72. The van der Waals surface area contributed by atoms with E-state index in [4.69, 9.17) is 9.47 Å². The largest absolute Gasteiger partial charge is 0.458 e. The summed E-state index contributed by atoms with van der Waals surface area (Å²) in [6.45, 7) is 5.17. The van der Waals surface area contributed by atoms with Crippen LogP contribution in [0.5, 0.6) is 11.5 Å². The third-order valence-electron chi connectivity index (χ3n) is 6.88. The molecule has 0 aliphatic carbocycles. The maximum atomic E-state index is 13.9. The zero-order valence-corrected chi connectivity index (χ0v) is 20.5. The van der Waals surface area contributed by atoms with Crippen molar-refractivity contribution in [3.05, 3.63) is 95.7 Å². The molecule has 3 aliphatic rings. The van der Waals surface area contributed by atoms with Crippen molar-refractivity contribution in [2.75, 3.05) is 43.9 Å². The lowest BCUT2D eigenvalue weighted by Gasteiger charge is -2.32. The summed E-state index contributed by atoms with van der Waals surface area (Å²) in [6.07, 6.45) is 2.93. The number of anilines is 2. The first kappa shape index (κ1) is 23.3. The molecule has 0 atom stereocenters.